The molecule has 3 atom stereocenters. The third kappa shape index (κ3) is 10.3. The maximum absolute atomic E-state index is 14.4. The number of sulfonamides is 1. The molecule has 1 aromatic heterocycles. The summed E-state index contributed by atoms with van der Waals surface area (Å²) in [6, 6.07) is 18.4. The highest BCUT2D eigenvalue weighted by Gasteiger charge is 2.46. The van der Waals surface area contributed by atoms with Crippen molar-refractivity contribution >= 4 is 56.4 Å². The van der Waals surface area contributed by atoms with Crippen molar-refractivity contribution in [2.45, 2.75) is 115 Å². The predicted octanol–water partition coefficient (Wildman–Crippen LogP) is 5.55. The lowest BCUT2D eigenvalue weighted by atomic mass is 9.85. The number of amides is 5. The van der Waals surface area contributed by atoms with E-state index >= 15 is 0 Å². The van der Waals surface area contributed by atoms with Crippen molar-refractivity contribution in [3.8, 4) is 17.2 Å². The Hall–Kier alpha value is -6.99. The van der Waals surface area contributed by atoms with E-state index in [2.05, 4.69) is 20.9 Å². The number of nitrogens with one attached hydrogen (secondary N) is 2. The molecule has 0 aliphatic carbocycles. The number of aromatic nitrogens is 3. The summed E-state index contributed by atoms with van der Waals surface area (Å²) in [5.74, 6) is -2.33. The summed E-state index contributed by atoms with van der Waals surface area (Å²) in [6.45, 7) is 8.20. The van der Waals surface area contributed by atoms with Gasteiger partial charge in [0.2, 0.25) is 21.8 Å². The van der Waals surface area contributed by atoms with Gasteiger partial charge in [-0.15, -0.1) is 5.10 Å². The molecule has 2 N–H and O–H groups in total. The molecule has 3 aliphatic heterocycles. The van der Waals surface area contributed by atoms with Crippen LogP contribution in [0.5, 0.6) is 17.2 Å². The first kappa shape index (κ1) is 49.4. The lowest BCUT2D eigenvalue weighted by molar-refractivity contribution is -0.136. The van der Waals surface area contributed by atoms with E-state index in [1.54, 1.807) is 24.8 Å². The van der Waals surface area contributed by atoms with Crippen LogP contribution in [0.3, 0.4) is 0 Å². The van der Waals surface area contributed by atoms with Gasteiger partial charge >= 0.3 is 0 Å². The Bertz CT molecular complexity index is 3010. The molecule has 18 nitrogen and oxygen atoms in total. The second-order valence-corrected chi connectivity index (χ2v) is 20.0. The van der Waals surface area contributed by atoms with Crippen LogP contribution in [0.2, 0.25) is 0 Å². The standard InChI is InChI=1S/C51H57N7O11S/c1-6-57-48-39(54-55-57)25-35(26-43(48)67-5)38(22-31(3)59)34-17-15-30(2)36(24-34)28-56-27-32(4)69-42-23-33(16-19-44(42)70(56,65)66)12-9-7-8-10-21-52-46(61)29-68-41-14-11-13-37-47(41)51(64)58(50(37)63)40-18-20-45(60)53-49(40)62/h11,13-17,19,23-26,32,38,40H,6-10,12,18,20-22,27-29H2,1-5H3,(H,52,61)(H,53,60,62)/t32-,38+,40?/m1/s1. The minimum absolute atomic E-state index is 0.000302. The third-order valence-electron chi connectivity index (χ3n) is 13.0. The smallest absolute Gasteiger partial charge is 0.266 e. The van der Waals surface area contributed by atoms with E-state index in [9.17, 15) is 37.2 Å². The molecule has 8 rings (SSSR count). The maximum atomic E-state index is 14.4. The van der Waals surface area contributed by atoms with Crippen LogP contribution in [-0.4, -0.2) is 107 Å². The van der Waals surface area contributed by atoms with Crippen molar-refractivity contribution in [3.05, 3.63) is 106 Å². The predicted molar refractivity (Wildman–Crippen MR) is 256 cm³/mol. The first-order valence-electron chi connectivity index (χ1n) is 23.6. The largest absolute Gasteiger partial charge is 0.494 e. The van der Waals surface area contributed by atoms with Crippen molar-refractivity contribution in [2.24, 2.45) is 0 Å². The molecule has 19 heteroatoms. The number of hydrogen-bond acceptors (Lipinski definition) is 13. The number of nitrogens with zero attached hydrogens (tertiary/aromatic N) is 5. The number of ether oxygens (including phenoxy) is 3. The molecule has 1 unspecified atom stereocenters. The second kappa shape index (κ2) is 20.9. The molecule has 0 spiro atoms. The van der Waals surface area contributed by atoms with Gasteiger partial charge in [0.05, 0.1) is 24.8 Å². The van der Waals surface area contributed by atoms with Crippen LogP contribution < -0.4 is 24.8 Å². The normalized spacial score (nSPS) is 18.2. The van der Waals surface area contributed by atoms with Gasteiger partial charge in [-0.05, 0) is 118 Å². The molecule has 0 saturated carbocycles. The van der Waals surface area contributed by atoms with Gasteiger partial charge in [-0.2, -0.15) is 4.31 Å². The number of aryl methyl sites for hydroxylation is 3. The number of benzene rings is 4. The van der Waals surface area contributed by atoms with Gasteiger partial charge in [0.15, 0.2) is 6.61 Å². The Labute approximate surface area is 406 Å². The van der Waals surface area contributed by atoms with Gasteiger partial charge in [0.25, 0.3) is 17.7 Å². The third-order valence-corrected chi connectivity index (χ3v) is 14.9. The zero-order chi connectivity index (χ0) is 49.9. The van der Waals surface area contributed by atoms with Gasteiger partial charge in [0.1, 0.15) is 51.1 Å². The molecule has 368 valence electrons. The van der Waals surface area contributed by atoms with E-state index in [4.69, 9.17) is 14.2 Å². The van der Waals surface area contributed by atoms with Crippen molar-refractivity contribution in [3.63, 3.8) is 0 Å². The summed E-state index contributed by atoms with van der Waals surface area (Å²) in [5, 5.41) is 13.6. The van der Waals surface area contributed by atoms with E-state index < -0.39 is 58.3 Å². The number of carbonyl (C=O) groups is 6. The summed E-state index contributed by atoms with van der Waals surface area (Å²) in [5.41, 5.74) is 5.85. The number of rotatable bonds is 19. The quantitative estimate of drug-likeness (QED) is 0.0766. The topological polar surface area (TPSA) is 225 Å². The fourth-order valence-corrected chi connectivity index (χ4v) is 11.0. The number of unbranched alkanes of at least 4 members (excludes halogenated alkanes) is 3. The molecular weight excluding hydrogens is 919 g/mol. The van der Waals surface area contributed by atoms with Crippen LogP contribution in [0, 0.1) is 6.92 Å². The number of fused-ring (bicyclic) bond motifs is 3. The van der Waals surface area contributed by atoms with E-state index in [1.165, 1.54) is 22.5 Å². The highest BCUT2D eigenvalue weighted by molar-refractivity contribution is 7.89. The number of imide groups is 2. The molecular formula is C51H57N7O11S. The average molecular weight is 976 g/mol. The molecule has 5 amide bonds. The fraction of sp³-hybridized carbons (Fsp3) is 0.412. The van der Waals surface area contributed by atoms with E-state index in [0.717, 1.165) is 57.5 Å². The minimum Gasteiger partial charge on any atom is -0.494 e. The Morgan fingerprint density at radius 1 is 0.957 bits per heavy atom. The monoisotopic (exact) mass is 975 g/mol. The molecule has 0 bridgehead atoms. The molecule has 0 radical (unpaired) electrons. The fourth-order valence-electron chi connectivity index (χ4n) is 9.43. The van der Waals surface area contributed by atoms with E-state index in [-0.39, 0.29) is 65.8 Å². The summed E-state index contributed by atoms with van der Waals surface area (Å²) in [4.78, 5) is 76.8. The molecule has 1 saturated heterocycles. The van der Waals surface area contributed by atoms with Gasteiger partial charge in [-0.25, -0.2) is 13.1 Å². The summed E-state index contributed by atoms with van der Waals surface area (Å²) >= 11 is 0. The van der Waals surface area contributed by atoms with Crippen LogP contribution in [0.1, 0.15) is 120 Å². The molecule has 5 aromatic rings. The summed E-state index contributed by atoms with van der Waals surface area (Å²) in [7, 11) is -2.38. The van der Waals surface area contributed by atoms with Crippen molar-refractivity contribution in [2.75, 3.05) is 26.8 Å². The molecule has 4 heterocycles. The minimum atomic E-state index is -3.98. The number of ketones is 1. The van der Waals surface area contributed by atoms with E-state index in [0.29, 0.717) is 42.9 Å². The van der Waals surface area contributed by atoms with Gasteiger partial charge in [0, 0.05) is 38.4 Å². The average Bonchev–Trinajstić information content (AvgIpc) is 3.84. The number of piperidine rings is 1. The van der Waals surface area contributed by atoms with Gasteiger partial charge in [-0.3, -0.25) is 39.0 Å². The van der Waals surface area contributed by atoms with Crippen LogP contribution in [0.4, 0.5) is 0 Å². The highest BCUT2D eigenvalue weighted by Crippen LogP contribution is 2.38. The molecule has 4 aromatic carbocycles. The van der Waals surface area contributed by atoms with Crippen molar-refractivity contribution in [1.29, 1.82) is 0 Å². The Morgan fingerprint density at radius 3 is 2.51 bits per heavy atom. The highest BCUT2D eigenvalue weighted by atomic mass is 32.2. The van der Waals surface area contributed by atoms with Crippen LogP contribution >= 0.6 is 0 Å². The number of methoxy groups -OCH3 is 1. The lowest BCUT2D eigenvalue weighted by Crippen LogP contribution is -2.54. The molecule has 1 fully saturated rings. The lowest BCUT2D eigenvalue weighted by Gasteiger charge is -2.27. The Kier molecular flexibility index (Phi) is 14.8. The van der Waals surface area contributed by atoms with Crippen molar-refractivity contribution < 1.29 is 51.4 Å². The maximum Gasteiger partial charge on any atom is 0.266 e. The Balaban J connectivity index is 0.835. The van der Waals surface area contributed by atoms with Gasteiger partial charge in [-0.1, -0.05) is 48.4 Å². The Morgan fingerprint density at radius 2 is 1.76 bits per heavy atom. The first-order valence-corrected chi connectivity index (χ1v) is 25.1. The first-order chi connectivity index (χ1) is 33.6. The van der Waals surface area contributed by atoms with E-state index in [1.807, 2.05) is 63.2 Å². The summed E-state index contributed by atoms with van der Waals surface area (Å²) < 4.78 is 49.7. The van der Waals surface area contributed by atoms with Crippen LogP contribution in [-0.2, 0) is 48.7 Å². The SMILES string of the molecule is CCn1nnc2cc([C@@H](CC(C)=O)c3ccc(C)c(CN4C[C@@H](C)Oc5cc(CCCCCCNC(=O)COc6cccc7c6C(=O)N(C6CCC(=O)NC6=O)C7=O)ccc5S4(=O)=O)c3)cc(OC)c21. The number of Topliss-reactive ketones (excluding diaryl/α,β-unsaturated/α-hetero) is 1. The second-order valence-electron chi connectivity index (χ2n) is 18.1. The molecule has 3 aliphatic rings. The molecule has 70 heavy (non-hydrogen) atoms. The number of hydrogen-bond donors (Lipinski definition) is 2. The van der Waals surface area contributed by atoms with Gasteiger partial charge < -0.3 is 19.5 Å². The van der Waals surface area contributed by atoms with Crippen LogP contribution in [0.25, 0.3) is 11.0 Å². The van der Waals surface area contributed by atoms with Crippen molar-refractivity contribution in [1.82, 2.24) is 34.8 Å². The zero-order valence-corrected chi connectivity index (χ0v) is 40.7. The van der Waals surface area contributed by atoms with Crippen LogP contribution in [0.15, 0.2) is 71.6 Å². The summed E-state index contributed by atoms with van der Waals surface area (Å²) in [6.07, 6.45) is 3.72. The zero-order valence-electron chi connectivity index (χ0n) is 39.9. The number of carbonyl (C=O) groups excluding carboxylic acids is 6.